The van der Waals surface area contributed by atoms with Crippen LogP contribution in [0.15, 0.2) is 23.0 Å². The zero-order valence-electron chi connectivity index (χ0n) is 11.5. The lowest BCUT2D eigenvalue weighted by molar-refractivity contribution is -0.137. The van der Waals surface area contributed by atoms with E-state index in [1.807, 2.05) is 0 Å². The summed E-state index contributed by atoms with van der Waals surface area (Å²) in [4.78, 5) is 19.2. The molecule has 0 bridgehead atoms. The summed E-state index contributed by atoms with van der Waals surface area (Å²) in [7, 11) is 2.91. The number of pyridine rings is 1. The lowest BCUT2D eigenvalue weighted by atomic mass is 10.1. The van der Waals surface area contributed by atoms with Crippen molar-refractivity contribution in [1.82, 2.24) is 31.1 Å². The van der Waals surface area contributed by atoms with Crippen molar-refractivity contribution in [2.45, 2.75) is 6.18 Å². The molecule has 2 rings (SSSR count). The van der Waals surface area contributed by atoms with E-state index in [1.54, 1.807) is 0 Å². The van der Waals surface area contributed by atoms with Crippen LogP contribution in [0.2, 0.25) is 0 Å². The van der Waals surface area contributed by atoms with Crippen molar-refractivity contribution in [2.24, 2.45) is 0 Å². The lowest BCUT2D eigenvalue weighted by Gasteiger charge is -2.16. The van der Waals surface area contributed by atoms with Gasteiger partial charge in [-0.15, -0.1) is 0 Å². The van der Waals surface area contributed by atoms with Crippen LogP contribution in [0.25, 0.3) is 11.5 Å². The van der Waals surface area contributed by atoms with E-state index < -0.39 is 34.9 Å². The van der Waals surface area contributed by atoms with E-state index in [-0.39, 0.29) is 0 Å². The first kappa shape index (κ1) is 15.9. The Hall–Kier alpha value is -2.53. The molecule has 0 atom stereocenters. The van der Waals surface area contributed by atoms with Crippen LogP contribution >= 0.6 is 0 Å². The molecule has 0 aliphatic carbocycles. The summed E-state index contributed by atoms with van der Waals surface area (Å²) in [5.74, 6) is -1.58. The van der Waals surface area contributed by atoms with E-state index in [4.69, 9.17) is 4.52 Å². The van der Waals surface area contributed by atoms with Crippen molar-refractivity contribution in [3.8, 4) is 11.5 Å². The maximum Gasteiger partial charge on any atom is 0.417 e. The molecule has 11 heteroatoms. The molecule has 0 aromatic carbocycles. The number of nitrogens with one attached hydrogen (secondary N) is 2. The maximum absolute atomic E-state index is 12.9. The summed E-state index contributed by atoms with van der Waals surface area (Å²) in [6, 6.07) is 0.786. The molecule has 0 saturated heterocycles. The van der Waals surface area contributed by atoms with E-state index in [0.29, 0.717) is 0 Å². The van der Waals surface area contributed by atoms with E-state index >= 15 is 0 Å². The van der Waals surface area contributed by atoms with Gasteiger partial charge in [0, 0.05) is 26.5 Å². The molecule has 2 aromatic heterocycles. The van der Waals surface area contributed by atoms with Crippen LogP contribution in [0.4, 0.5) is 13.2 Å². The highest BCUT2D eigenvalue weighted by atomic mass is 19.4. The Bertz CT molecular complexity index is 668. The Labute approximate surface area is 122 Å². The Morgan fingerprint density at radius 2 is 2.00 bits per heavy atom. The van der Waals surface area contributed by atoms with Gasteiger partial charge >= 0.3 is 12.1 Å². The third-order valence-corrected chi connectivity index (χ3v) is 2.62. The minimum absolute atomic E-state index is 0.401. The van der Waals surface area contributed by atoms with Gasteiger partial charge in [0.1, 0.15) is 0 Å². The van der Waals surface area contributed by atoms with Crippen molar-refractivity contribution < 1.29 is 22.5 Å². The smallest absolute Gasteiger partial charge is 0.333 e. The van der Waals surface area contributed by atoms with Crippen LogP contribution in [-0.4, -0.2) is 40.2 Å². The summed E-state index contributed by atoms with van der Waals surface area (Å²) >= 11 is 0. The fourth-order valence-electron chi connectivity index (χ4n) is 1.65. The van der Waals surface area contributed by atoms with Crippen LogP contribution in [0, 0.1) is 0 Å². The van der Waals surface area contributed by atoms with Crippen molar-refractivity contribution in [1.29, 1.82) is 0 Å². The highest BCUT2D eigenvalue weighted by Crippen LogP contribution is 2.35. The lowest BCUT2D eigenvalue weighted by Crippen LogP contribution is -2.48. The van der Waals surface area contributed by atoms with Gasteiger partial charge in [-0.05, 0) is 6.07 Å². The predicted molar refractivity (Wildman–Crippen MR) is 66.8 cm³/mol. The Morgan fingerprint density at radius 3 is 2.59 bits per heavy atom. The Kier molecular flexibility index (Phi) is 4.37. The second-order valence-electron chi connectivity index (χ2n) is 3.93. The van der Waals surface area contributed by atoms with Crippen LogP contribution in [-0.2, 0) is 6.18 Å². The molecular weight excluding hydrogens is 305 g/mol. The Balaban J connectivity index is 2.39. The number of nitrogens with zero attached hydrogens (tertiary/aromatic N) is 4. The number of aromatic nitrogens is 3. The summed E-state index contributed by atoms with van der Waals surface area (Å²) in [6.45, 7) is 0. The largest absolute Gasteiger partial charge is 0.417 e. The second kappa shape index (κ2) is 6.07. The maximum atomic E-state index is 12.9. The molecule has 22 heavy (non-hydrogen) atoms. The summed E-state index contributed by atoms with van der Waals surface area (Å²) in [5.41, 5.74) is 3.60. The van der Waals surface area contributed by atoms with Crippen LogP contribution < -0.4 is 10.9 Å². The SMILES string of the molecule is CNN(NC)C(=O)c1noc(-c2cnccc2C(F)(F)F)n1. The van der Waals surface area contributed by atoms with Gasteiger partial charge in [0.2, 0.25) is 0 Å². The van der Waals surface area contributed by atoms with Gasteiger partial charge in [-0.1, -0.05) is 5.16 Å². The number of carbonyl (C=O) groups excluding carboxylic acids is 1. The van der Waals surface area contributed by atoms with Gasteiger partial charge in [0.25, 0.3) is 11.7 Å². The van der Waals surface area contributed by atoms with E-state index in [9.17, 15) is 18.0 Å². The van der Waals surface area contributed by atoms with Crippen molar-refractivity contribution >= 4 is 5.91 Å². The highest BCUT2D eigenvalue weighted by Gasteiger charge is 2.35. The van der Waals surface area contributed by atoms with Gasteiger partial charge < -0.3 is 4.52 Å². The standard InChI is InChI=1S/C11H11F3N6O2/c1-15-20(16-2)10(21)8-18-9(22-19-8)6-5-17-4-3-7(6)11(12,13)14/h3-5,15-16H,1-2H3. The molecule has 2 aromatic rings. The molecule has 0 saturated carbocycles. The third-order valence-electron chi connectivity index (χ3n) is 2.62. The fourth-order valence-corrected chi connectivity index (χ4v) is 1.65. The van der Waals surface area contributed by atoms with E-state index in [2.05, 4.69) is 26.0 Å². The van der Waals surface area contributed by atoms with Crippen molar-refractivity contribution in [3.63, 3.8) is 0 Å². The van der Waals surface area contributed by atoms with Crippen LogP contribution in [0.3, 0.4) is 0 Å². The number of carbonyl (C=O) groups is 1. The van der Waals surface area contributed by atoms with Crippen molar-refractivity contribution in [3.05, 3.63) is 29.8 Å². The number of halogens is 3. The molecule has 2 N–H and O–H groups in total. The molecule has 0 fully saturated rings. The second-order valence-corrected chi connectivity index (χ2v) is 3.93. The average Bonchev–Trinajstić information content (AvgIpc) is 2.97. The summed E-state index contributed by atoms with van der Waals surface area (Å²) < 4.78 is 43.5. The average molecular weight is 316 g/mol. The molecular formula is C11H11F3N6O2. The summed E-state index contributed by atoms with van der Waals surface area (Å²) in [6.07, 6.45) is -2.67. The molecule has 0 aliphatic heterocycles. The minimum Gasteiger partial charge on any atom is -0.333 e. The molecule has 2 heterocycles. The number of hydrogen-bond donors (Lipinski definition) is 2. The summed E-state index contributed by atoms with van der Waals surface area (Å²) in [5, 5.41) is 4.31. The minimum atomic E-state index is -4.61. The van der Waals surface area contributed by atoms with Crippen LogP contribution in [0.5, 0.6) is 0 Å². The molecule has 0 radical (unpaired) electrons. The Morgan fingerprint density at radius 1 is 1.32 bits per heavy atom. The first-order valence-corrected chi connectivity index (χ1v) is 5.93. The molecule has 118 valence electrons. The quantitative estimate of drug-likeness (QED) is 0.808. The zero-order chi connectivity index (χ0) is 16.3. The topological polar surface area (TPSA) is 96.2 Å². The number of rotatable bonds is 4. The normalized spacial score (nSPS) is 11.5. The predicted octanol–water partition coefficient (Wildman–Crippen LogP) is 0.861. The molecule has 8 nitrogen and oxygen atoms in total. The third kappa shape index (κ3) is 3.04. The number of alkyl halides is 3. The van der Waals surface area contributed by atoms with Gasteiger partial charge in [-0.25, -0.2) is 16.0 Å². The van der Waals surface area contributed by atoms with Gasteiger partial charge in [-0.2, -0.15) is 18.2 Å². The van der Waals surface area contributed by atoms with Crippen molar-refractivity contribution in [2.75, 3.05) is 14.1 Å². The first-order chi connectivity index (χ1) is 10.4. The van der Waals surface area contributed by atoms with Crippen LogP contribution in [0.1, 0.15) is 16.2 Å². The number of amides is 1. The van der Waals surface area contributed by atoms with Gasteiger partial charge in [0.05, 0.1) is 11.1 Å². The number of hydrazine groups is 2. The van der Waals surface area contributed by atoms with E-state index in [1.165, 1.54) is 14.1 Å². The molecule has 0 unspecified atom stereocenters. The van der Waals surface area contributed by atoms with Gasteiger partial charge in [-0.3, -0.25) is 9.78 Å². The number of hydrogen-bond acceptors (Lipinski definition) is 7. The van der Waals surface area contributed by atoms with E-state index in [0.717, 1.165) is 23.6 Å². The molecule has 0 spiro atoms. The first-order valence-electron chi connectivity index (χ1n) is 5.93. The fraction of sp³-hybridized carbons (Fsp3) is 0.273. The zero-order valence-corrected chi connectivity index (χ0v) is 11.5. The van der Waals surface area contributed by atoms with Gasteiger partial charge in [0.15, 0.2) is 0 Å². The monoisotopic (exact) mass is 316 g/mol. The molecule has 0 aliphatic rings. The highest BCUT2D eigenvalue weighted by molar-refractivity contribution is 5.90. The molecule has 1 amide bonds.